The summed E-state index contributed by atoms with van der Waals surface area (Å²) in [7, 11) is 0. The van der Waals surface area contributed by atoms with Crippen LogP contribution in [0.3, 0.4) is 0 Å². The Labute approximate surface area is 122 Å². The number of rotatable bonds is 4. The van der Waals surface area contributed by atoms with E-state index in [4.69, 9.17) is 16.3 Å². The van der Waals surface area contributed by atoms with Gasteiger partial charge in [-0.25, -0.2) is 0 Å². The number of carbonyl (C=O) groups excluding carboxylic acids is 2. The summed E-state index contributed by atoms with van der Waals surface area (Å²) in [6, 6.07) is 14.0. The van der Waals surface area contributed by atoms with E-state index < -0.39 is 11.2 Å². The first kappa shape index (κ1) is 14.3. The minimum absolute atomic E-state index is 0.145. The van der Waals surface area contributed by atoms with Gasteiger partial charge in [-0.3, -0.25) is 9.59 Å². The van der Waals surface area contributed by atoms with Crippen molar-refractivity contribution in [2.75, 3.05) is 0 Å². The lowest BCUT2D eigenvalue weighted by atomic mass is 10.1. The number of para-hydroxylation sites is 1. The van der Waals surface area contributed by atoms with E-state index in [0.29, 0.717) is 0 Å². The van der Waals surface area contributed by atoms with Gasteiger partial charge in [-0.15, -0.1) is 0 Å². The standard InChI is InChI=1S/C16H13ClO3/c1-11-5-4-6-12(9-11)10-15(18)20-14-8-3-2-7-13(14)16(17)19/h2-9H,10H2,1H3. The second kappa shape index (κ2) is 6.35. The van der Waals surface area contributed by atoms with E-state index in [1.54, 1.807) is 18.2 Å². The molecule has 0 radical (unpaired) electrons. The van der Waals surface area contributed by atoms with Crippen molar-refractivity contribution in [1.29, 1.82) is 0 Å². The smallest absolute Gasteiger partial charge is 0.315 e. The van der Waals surface area contributed by atoms with Crippen molar-refractivity contribution in [2.24, 2.45) is 0 Å². The molecule has 0 fully saturated rings. The largest absolute Gasteiger partial charge is 0.425 e. The second-order valence-electron chi connectivity index (χ2n) is 4.41. The molecular formula is C16H13ClO3. The van der Waals surface area contributed by atoms with E-state index in [1.165, 1.54) is 6.07 Å². The predicted octanol–water partition coefficient (Wildman–Crippen LogP) is 3.52. The average molecular weight is 289 g/mol. The molecule has 2 aromatic rings. The molecule has 0 heterocycles. The van der Waals surface area contributed by atoms with Crippen molar-refractivity contribution >= 4 is 22.8 Å². The van der Waals surface area contributed by atoms with Gasteiger partial charge in [0, 0.05) is 0 Å². The third kappa shape index (κ3) is 3.68. The van der Waals surface area contributed by atoms with Gasteiger partial charge < -0.3 is 4.74 Å². The number of carbonyl (C=O) groups is 2. The Morgan fingerprint density at radius 3 is 2.55 bits per heavy atom. The summed E-state index contributed by atoms with van der Waals surface area (Å²) in [5.41, 5.74) is 2.13. The molecule has 0 aliphatic heterocycles. The molecular weight excluding hydrogens is 276 g/mol. The van der Waals surface area contributed by atoms with Gasteiger partial charge >= 0.3 is 5.97 Å². The van der Waals surface area contributed by atoms with E-state index >= 15 is 0 Å². The maximum absolute atomic E-state index is 11.9. The molecule has 0 atom stereocenters. The van der Waals surface area contributed by atoms with Crippen molar-refractivity contribution in [2.45, 2.75) is 13.3 Å². The lowest BCUT2D eigenvalue weighted by Crippen LogP contribution is -2.13. The van der Waals surface area contributed by atoms with E-state index in [-0.39, 0.29) is 17.7 Å². The van der Waals surface area contributed by atoms with Gasteiger partial charge in [0.15, 0.2) is 0 Å². The van der Waals surface area contributed by atoms with Gasteiger partial charge in [-0.2, -0.15) is 0 Å². The first-order valence-corrected chi connectivity index (χ1v) is 6.49. The summed E-state index contributed by atoms with van der Waals surface area (Å²) >= 11 is 5.44. The number of halogens is 1. The fourth-order valence-electron chi connectivity index (χ4n) is 1.87. The number of hydrogen-bond donors (Lipinski definition) is 0. The van der Waals surface area contributed by atoms with Crippen LogP contribution < -0.4 is 4.74 Å². The minimum Gasteiger partial charge on any atom is -0.425 e. The highest BCUT2D eigenvalue weighted by Crippen LogP contribution is 2.20. The fourth-order valence-corrected chi connectivity index (χ4v) is 2.02. The van der Waals surface area contributed by atoms with Crippen molar-refractivity contribution in [1.82, 2.24) is 0 Å². The maximum Gasteiger partial charge on any atom is 0.315 e. The topological polar surface area (TPSA) is 43.4 Å². The number of esters is 1. The van der Waals surface area contributed by atoms with Crippen LogP contribution in [-0.4, -0.2) is 11.2 Å². The molecule has 0 aliphatic rings. The first-order valence-electron chi connectivity index (χ1n) is 6.11. The van der Waals surface area contributed by atoms with Gasteiger partial charge in [-0.1, -0.05) is 42.0 Å². The molecule has 0 bridgehead atoms. The van der Waals surface area contributed by atoms with Crippen molar-refractivity contribution in [3.63, 3.8) is 0 Å². The zero-order valence-corrected chi connectivity index (χ0v) is 11.7. The predicted molar refractivity (Wildman–Crippen MR) is 77.1 cm³/mol. The molecule has 2 rings (SSSR count). The van der Waals surface area contributed by atoms with Gasteiger partial charge in [0.1, 0.15) is 5.75 Å². The van der Waals surface area contributed by atoms with E-state index in [0.717, 1.165) is 11.1 Å². The molecule has 0 unspecified atom stereocenters. The monoisotopic (exact) mass is 288 g/mol. The summed E-state index contributed by atoms with van der Waals surface area (Å²) in [5.74, 6) is -0.244. The fraction of sp³-hybridized carbons (Fsp3) is 0.125. The summed E-state index contributed by atoms with van der Waals surface area (Å²) in [6.45, 7) is 1.95. The van der Waals surface area contributed by atoms with E-state index in [9.17, 15) is 9.59 Å². The molecule has 0 saturated carbocycles. The molecule has 20 heavy (non-hydrogen) atoms. The Bertz CT molecular complexity index is 650. The molecule has 0 aromatic heterocycles. The zero-order chi connectivity index (χ0) is 14.5. The lowest BCUT2D eigenvalue weighted by molar-refractivity contribution is -0.133. The Morgan fingerprint density at radius 2 is 1.85 bits per heavy atom. The average Bonchev–Trinajstić information content (AvgIpc) is 2.38. The van der Waals surface area contributed by atoms with Crippen molar-refractivity contribution in [3.05, 3.63) is 65.2 Å². The summed E-state index contributed by atoms with van der Waals surface area (Å²) in [6.07, 6.45) is 0.145. The Balaban J connectivity index is 2.11. The molecule has 0 N–H and O–H groups in total. The van der Waals surface area contributed by atoms with E-state index in [2.05, 4.69) is 0 Å². The van der Waals surface area contributed by atoms with Crippen LogP contribution in [0.2, 0.25) is 0 Å². The molecule has 0 saturated heterocycles. The summed E-state index contributed by atoms with van der Waals surface area (Å²) in [4.78, 5) is 23.1. The number of ether oxygens (including phenoxy) is 1. The molecule has 3 nitrogen and oxygen atoms in total. The zero-order valence-electron chi connectivity index (χ0n) is 10.9. The Kier molecular flexibility index (Phi) is 4.53. The molecule has 4 heteroatoms. The molecule has 102 valence electrons. The van der Waals surface area contributed by atoms with Crippen LogP contribution in [0.15, 0.2) is 48.5 Å². The molecule has 0 amide bonds. The highest BCUT2D eigenvalue weighted by molar-refractivity contribution is 6.68. The van der Waals surface area contributed by atoms with Crippen LogP contribution in [0.1, 0.15) is 21.5 Å². The van der Waals surface area contributed by atoms with Crippen molar-refractivity contribution in [3.8, 4) is 5.75 Å². The van der Waals surface area contributed by atoms with Crippen molar-refractivity contribution < 1.29 is 14.3 Å². The van der Waals surface area contributed by atoms with Crippen LogP contribution in [0.5, 0.6) is 5.75 Å². The van der Waals surface area contributed by atoms with Crippen LogP contribution in [0, 0.1) is 6.92 Å². The number of benzene rings is 2. The summed E-state index contributed by atoms with van der Waals surface area (Å²) in [5, 5.41) is -0.649. The molecule has 0 spiro atoms. The van der Waals surface area contributed by atoms with E-state index in [1.807, 2.05) is 31.2 Å². The van der Waals surface area contributed by atoms with Gasteiger partial charge in [0.05, 0.1) is 12.0 Å². The minimum atomic E-state index is -0.649. The third-order valence-electron chi connectivity index (χ3n) is 2.75. The first-order chi connectivity index (χ1) is 9.56. The normalized spacial score (nSPS) is 10.1. The highest BCUT2D eigenvalue weighted by atomic mass is 35.5. The van der Waals surface area contributed by atoms with Gasteiger partial charge in [0.25, 0.3) is 5.24 Å². The maximum atomic E-state index is 11.9. The Morgan fingerprint density at radius 1 is 1.10 bits per heavy atom. The number of aryl methyl sites for hydroxylation is 1. The van der Waals surface area contributed by atoms with Gasteiger partial charge in [-0.05, 0) is 36.2 Å². The number of hydrogen-bond acceptors (Lipinski definition) is 3. The highest BCUT2D eigenvalue weighted by Gasteiger charge is 2.13. The SMILES string of the molecule is Cc1cccc(CC(=O)Oc2ccccc2C(=O)Cl)c1. The van der Waals surface area contributed by atoms with Crippen LogP contribution in [-0.2, 0) is 11.2 Å². The third-order valence-corrected chi connectivity index (χ3v) is 2.96. The quantitative estimate of drug-likeness (QED) is 0.491. The molecule has 0 aliphatic carbocycles. The lowest BCUT2D eigenvalue weighted by Gasteiger charge is -2.07. The van der Waals surface area contributed by atoms with Gasteiger partial charge in [0.2, 0.25) is 0 Å². The molecule has 2 aromatic carbocycles. The van der Waals surface area contributed by atoms with Crippen LogP contribution in [0.25, 0.3) is 0 Å². The van der Waals surface area contributed by atoms with Crippen LogP contribution >= 0.6 is 11.6 Å². The Hall–Kier alpha value is -2.13. The van der Waals surface area contributed by atoms with Crippen LogP contribution in [0.4, 0.5) is 0 Å². The summed E-state index contributed by atoms with van der Waals surface area (Å²) < 4.78 is 5.21. The second-order valence-corrected chi connectivity index (χ2v) is 4.75.